The van der Waals surface area contributed by atoms with Crippen LogP contribution in [0.3, 0.4) is 0 Å². The molecular formula is C18H18N4O3. The van der Waals surface area contributed by atoms with Crippen molar-refractivity contribution in [1.29, 1.82) is 0 Å². The molecule has 1 aromatic carbocycles. The molecule has 0 spiro atoms. The summed E-state index contributed by atoms with van der Waals surface area (Å²) in [5.41, 5.74) is 1.74. The van der Waals surface area contributed by atoms with Crippen LogP contribution in [0.2, 0.25) is 0 Å². The van der Waals surface area contributed by atoms with Crippen LogP contribution in [-0.2, 0) is 0 Å². The van der Waals surface area contributed by atoms with Crippen LogP contribution in [0, 0.1) is 6.92 Å². The van der Waals surface area contributed by atoms with Crippen LogP contribution >= 0.6 is 0 Å². The summed E-state index contributed by atoms with van der Waals surface area (Å²) in [6.45, 7) is 5.63. The summed E-state index contributed by atoms with van der Waals surface area (Å²) in [5, 5.41) is 2.92. The summed E-state index contributed by atoms with van der Waals surface area (Å²) < 4.78 is 11.3. The molecule has 0 atom stereocenters. The van der Waals surface area contributed by atoms with Crippen LogP contribution in [0.5, 0.6) is 5.75 Å². The Kier molecular flexibility index (Phi) is 3.76. The Morgan fingerprint density at radius 3 is 3.08 bits per heavy atom. The zero-order valence-electron chi connectivity index (χ0n) is 14.1. The van der Waals surface area contributed by atoms with Gasteiger partial charge in [0, 0.05) is 6.54 Å². The first-order valence-corrected chi connectivity index (χ1v) is 8.21. The predicted molar refractivity (Wildman–Crippen MR) is 95.3 cm³/mol. The van der Waals surface area contributed by atoms with E-state index in [1.165, 1.54) is 0 Å². The van der Waals surface area contributed by atoms with E-state index in [0.717, 1.165) is 12.4 Å². The van der Waals surface area contributed by atoms with Gasteiger partial charge in [-0.3, -0.25) is 9.79 Å². The van der Waals surface area contributed by atoms with E-state index in [4.69, 9.17) is 9.15 Å². The van der Waals surface area contributed by atoms with Gasteiger partial charge in [0.1, 0.15) is 23.7 Å². The number of carbonyl (C=O) groups excluding carboxylic acids is 1. The molecule has 0 saturated heterocycles. The Bertz CT molecular complexity index is 898. The number of hydrogen-bond donors (Lipinski definition) is 1. The van der Waals surface area contributed by atoms with Gasteiger partial charge in [-0.25, -0.2) is 4.99 Å². The standard InChI is InChI=1S/C18H18N4O3/c1-3-24-13-7-5-4-6-12(13)21-17(23)14-11(2)25-18-15(14)16-19-8-9-22(16)10-20-18/h4-7,10H,3,8-9H2,1-2H3,(H,21,23). The highest BCUT2D eigenvalue weighted by molar-refractivity contribution is 6.19. The highest BCUT2D eigenvalue weighted by atomic mass is 16.5. The lowest BCUT2D eigenvalue weighted by molar-refractivity contribution is 0.102. The summed E-state index contributed by atoms with van der Waals surface area (Å²) in [6, 6.07) is 7.35. The fourth-order valence-electron chi connectivity index (χ4n) is 3.06. The lowest BCUT2D eigenvalue weighted by Gasteiger charge is -2.18. The van der Waals surface area contributed by atoms with Crippen LogP contribution in [0.15, 0.2) is 38.7 Å². The molecule has 25 heavy (non-hydrogen) atoms. The van der Waals surface area contributed by atoms with Gasteiger partial charge in [0.2, 0.25) is 5.88 Å². The molecule has 2 aliphatic heterocycles. The maximum absolute atomic E-state index is 13.0. The molecule has 2 aromatic rings. The third-order valence-corrected chi connectivity index (χ3v) is 4.14. The number of amidine groups is 1. The number of rotatable bonds is 4. The van der Waals surface area contributed by atoms with E-state index in [1.54, 1.807) is 13.3 Å². The summed E-state index contributed by atoms with van der Waals surface area (Å²) in [6.07, 6.45) is 1.70. The van der Waals surface area contributed by atoms with Gasteiger partial charge in [0.25, 0.3) is 5.91 Å². The van der Waals surface area contributed by atoms with Crippen molar-refractivity contribution in [3.05, 3.63) is 41.2 Å². The summed E-state index contributed by atoms with van der Waals surface area (Å²) in [7, 11) is 0. The number of aliphatic imine (C=N–C) groups is 2. The van der Waals surface area contributed by atoms with Crippen LogP contribution in [0.1, 0.15) is 28.6 Å². The Morgan fingerprint density at radius 1 is 1.40 bits per heavy atom. The minimum Gasteiger partial charge on any atom is -0.492 e. The molecule has 0 aliphatic carbocycles. The van der Waals surface area contributed by atoms with Crippen molar-refractivity contribution in [2.75, 3.05) is 25.0 Å². The minimum absolute atomic E-state index is 0.263. The van der Waals surface area contributed by atoms with Crippen molar-refractivity contribution >= 4 is 29.7 Å². The topological polar surface area (TPSA) is 79.4 Å². The van der Waals surface area contributed by atoms with E-state index in [9.17, 15) is 4.79 Å². The fraction of sp³-hybridized carbons (Fsp3) is 0.278. The van der Waals surface area contributed by atoms with Gasteiger partial charge in [0.15, 0.2) is 0 Å². The largest absolute Gasteiger partial charge is 0.492 e. The third kappa shape index (κ3) is 2.57. The Hall–Kier alpha value is -3.09. The van der Waals surface area contributed by atoms with E-state index in [1.807, 2.05) is 36.1 Å². The third-order valence-electron chi connectivity index (χ3n) is 4.14. The summed E-state index contributed by atoms with van der Waals surface area (Å²) in [5.74, 6) is 2.06. The van der Waals surface area contributed by atoms with Gasteiger partial charge in [0.05, 0.1) is 30.0 Å². The number of amides is 1. The molecule has 7 nitrogen and oxygen atoms in total. The van der Waals surface area contributed by atoms with Crippen molar-refractivity contribution in [3.63, 3.8) is 0 Å². The molecule has 0 bridgehead atoms. The molecule has 1 amide bonds. The average Bonchev–Trinajstić information content (AvgIpc) is 3.19. The fourth-order valence-corrected chi connectivity index (χ4v) is 3.06. The summed E-state index contributed by atoms with van der Waals surface area (Å²) in [4.78, 5) is 23.7. The number of aryl methyl sites for hydroxylation is 1. The zero-order valence-corrected chi connectivity index (χ0v) is 14.1. The average molecular weight is 338 g/mol. The Balaban J connectivity index is 1.71. The number of para-hydroxylation sites is 2. The zero-order chi connectivity index (χ0) is 17.4. The Labute approximate surface area is 145 Å². The van der Waals surface area contributed by atoms with E-state index < -0.39 is 0 Å². The highest BCUT2D eigenvalue weighted by Gasteiger charge is 2.33. The number of ether oxygens (including phenoxy) is 1. The molecule has 128 valence electrons. The maximum Gasteiger partial charge on any atom is 0.260 e. The van der Waals surface area contributed by atoms with Crippen LogP contribution in [0.4, 0.5) is 11.6 Å². The van der Waals surface area contributed by atoms with Crippen molar-refractivity contribution in [3.8, 4) is 5.75 Å². The number of nitrogens with zero attached hydrogens (tertiary/aromatic N) is 3. The molecular weight excluding hydrogens is 320 g/mol. The van der Waals surface area contributed by atoms with Crippen molar-refractivity contribution in [1.82, 2.24) is 4.90 Å². The van der Waals surface area contributed by atoms with Gasteiger partial charge >= 0.3 is 0 Å². The molecule has 7 heteroatoms. The van der Waals surface area contributed by atoms with Crippen molar-refractivity contribution in [2.24, 2.45) is 9.98 Å². The van der Waals surface area contributed by atoms with Gasteiger partial charge in [-0.2, -0.15) is 0 Å². The van der Waals surface area contributed by atoms with Gasteiger partial charge < -0.3 is 19.4 Å². The highest BCUT2D eigenvalue weighted by Crippen LogP contribution is 2.35. The lowest BCUT2D eigenvalue weighted by Crippen LogP contribution is -2.30. The van der Waals surface area contributed by atoms with Crippen molar-refractivity contribution < 1.29 is 13.9 Å². The summed E-state index contributed by atoms with van der Waals surface area (Å²) >= 11 is 0. The normalized spacial score (nSPS) is 14.8. The predicted octanol–water partition coefficient (Wildman–Crippen LogP) is 2.97. The second-order valence-corrected chi connectivity index (χ2v) is 5.74. The maximum atomic E-state index is 13.0. The number of furan rings is 1. The number of carbonyl (C=O) groups is 1. The van der Waals surface area contributed by atoms with Gasteiger partial charge in [-0.1, -0.05) is 12.1 Å². The first-order valence-electron chi connectivity index (χ1n) is 8.21. The number of anilines is 1. The SMILES string of the molecule is CCOc1ccccc1NC(=O)c1c(C)oc2c1C1=NCCN1C=N2. The quantitative estimate of drug-likeness (QED) is 0.929. The molecule has 0 saturated carbocycles. The number of hydrogen-bond acceptors (Lipinski definition) is 6. The molecule has 1 N–H and O–H groups in total. The molecule has 1 aromatic heterocycles. The molecule has 3 heterocycles. The van der Waals surface area contributed by atoms with E-state index in [-0.39, 0.29) is 5.91 Å². The van der Waals surface area contributed by atoms with Crippen LogP contribution in [0.25, 0.3) is 0 Å². The molecule has 4 rings (SSSR count). The molecule has 0 radical (unpaired) electrons. The van der Waals surface area contributed by atoms with Crippen molar-refractivity contribution in [2.45, 2.75) is 13.8 Å². The molecule has 0 fully saturated rings. The molecule has 0 unspecified atom stereocenters. The number of fused-ring (bicyclic) bond motifs is 3. The van der Waals surface area contributed by atoms with Gasteiger partial charge in [-0.15, -0.1) is 0 Å². The van der Waals surface area contributed by atoms with E-state index >= 15 is 0 Å². The van der Waals surface area contributed by atoms with Crippen LogP contribution < -0.4 is 10.1 Å². The lowest BCUT2D eigenvalue weighted by atomic mass is 10.1. The first kappa shape index (κ1) is 15.4. The number of nitrogens with one attached hydrogen (secondary N) is 1. The monoisotopic (exact) mass is 338 g/mol. The second-order valence-electron chi connectivity index (χ2n) is 5.74. The van der Waals surface area contributed by atoms with E-state index in [2.05, 4.69) is 15.3 Å². The number of benzene rings is 1. The minimum atomic E-state index is -0.263. The second kappa shape index (κ2) is 6.08. The molecule has 2 aliphatic rings. The smallest absolute Gasteiger partial charge is 0.260 e. The van der Waals surface area contributed by atoms with Crippen LogP contribution in [-0.4, -0.2) is 42.7 Å². The Morgan fingerprint density at radius 2 is 2.24 bits per heavy atom. The van der Waals surface area contributed by atoms with Gasteiger partial charge in [-0.05, 0) is 26.0 Å². The van der Waals surface area contributed by atoms with E-state index in [0.29, 0.717) is 47.4 Å². The first-order chi connectivity index (χ1) is 12.2.